The first-order valence-electron chi connectivity index (χ1n) is 6.01. The Bertz CT molecular complexity index is 493. The fraction of sp³-hybridized carbons (Fsp3) is 0.357. The van der Waals surface area contributed by atoms with Gasteiger partial charge in [0.15, 0.2) is 0 Å². The summed E-state index contributed by atoms with van der Waals surface area (Å²) in [5.74, 6) is 0. The standard InChI is InChI=1S/C14H19N3O/c1-11-13(9-17(2)16-11)15-14(10-18-3)12-7-5-4-6-8-12/h4-9,14-15H,10H2,1-3H3. The maximum absolute atomic E-state index is 5.29. The minimum Gasteiger partial charge on any atom is -0.382 e. The van der Waals surface area contributed by atoms with Crippen LogP contribution in [-0.4, -0.2) is 23.5 Å². The summed E-state index contributed by atoms with van der Waals surface area (Å²) in [7, 11) is 3.64. The van der Waals surface area contributed by atoms with E-state index >= 15 is 0 Å². The van der Waals surface area contributed by atoms with Gasteiger partial charge in [-0.15, -0.1) is 0 Å². The van der Waals surface area contributed by atoms with Gasteiger partial charge in [-0.25, -0.2) is 0 Å². The summed E-state index contributed by atoms with van der Waals surface area (Å²) in [5.41, 5.74) is 3.25. The first-order valence-corrected chi connectivity index (χ1v) is 6.01. The van der Waals surface area contributed by atoms with E-state index in [-0.39, 0.29) is 6.04 Å². The molecule has 4 nitrogen and oxygen atoms in total. The Morgan fingerprint density at radius 2 is 2.06 bits per heavy atom. The molecule has 2 aromatic rings. The van der Waals surface area contributed by atoms with Gasteiger partial charge in [-0.05, 0) is 12.5 Å². The van der Waals surface area contributed by atoms with E-state index in [4.69, 9.17) is 4.74 Å². The predicted molar refractivity (Wildman–Crippen MR) is 72.6 cm³/mol. The third-order valence-electron chi connectivity index (χ3n) is 2.88. The second-order valence-electron chi connectivity index (χ2n) is 4.36. The van der Waals surface area contributed by atoms with Gasteiger partial charge in [0.05, 0.1) is 24.0 Å². The van der Waals surface area contributed by atoms with Crippen LogP contribution in [0.2, 0.25) is 0 Å². The number of aryl methyl sites for hydroxylation is 2. The van der Waals surface area contributed by atoms with Crippen LogP contribution < -0.4 is 5.32 Å². The van der Waals surface area contributed by atoms with Gasteiger partial charge in [-0.3, -0.25) is 4.68 Å². The molecule has 1 aromatic heterocycles. The third kappa shape index (κ3) is 2.90. The van der Waals surface area contributed by atoms with Crippen molar-refractivity contribution < 1.29 is 4.74 Å². The molecule has 0 fully saturated rings. The van der Waals surface area contributed by atoms with Crippen molar-refractivity contribution in [3.63, 3.8) is 0 Å². The van der Waals surface area contributed by atoms with Gasteiger partial charge < -0.3 is 10.1 Å². The van der Waals surface area contributed by atoms with Gasteiger partial charge in [0.2, 0.25) is 0 Å². The molecule has 0 saturated heterocycles. The Labute approximate surface area is 108 Å². The summed E-state index contributed by atoms with van der Waals surface area (Å²) in [6.07, 6.45) is 1.99. The molecule has 0 aliphatic heterocycles. The average Bonchev–Trinajstić information content (AvgIpc) is 2.68. The lowest BCUT2D eigenvalue weighted by Crippen LogP contribution is -2.16. The van der Waals surface area contributed by atoms with Crippen molar-refractivity contribution in [2.45, 2.75) is 13.0 Å². The molecule has 0 aliphatic rings. The summed E-state index contributed by atoms with van der Waals surface area (Å²) in [5, 5.41) is 7.81. The Morgan fingerprint density at radius 1 is 1.33 bits per heavy atom. The molecule has 0 saturated carbocycles. The Balaban J connectivity index is 2.19. The topological polar surface area (TPSA) is 39.1 Å². The third-order valence-corrected chi connectivity index (χ3v) is 2.88. The maximum Gasteiger partial charge on any atom is 0.0825 e. The van der Waals surface area contributed by atoms with Crippen LogP contribution in [0.25, 0.3) is 0 Å². The highest BCUT2D eigenvalue weighted by molar-refractivity contribution is 5.47. The number of rotatable bonds is 5. The lowest BCUT2D eigenvalue weighted by atomic mass is 10.1. The second-order valence-corrected chi connectivity index (χ2v) is 4.36. The minimum absolute atomic E-state index is 0.138. The van der Waals surface area contributed by atoms with Gasteiger partial charge >= 0.3 is 0 Å². The quantitative estimate of drug-likeness (QED) is 0.879. The van der Waals surface area contributed by atoms with Crippen molar-refractivity contribution in [3.8, 4) is 0 Å². The number of anilines is 1. The SMILES string of the molecule is COCC(Nc1cn(C)nc1C)c1ccccc1. The van der Waals surface area contributed by atoms with E-state index in [1.165, 1.54) is 5.56 Å². The van der Waals surface area contributed by atoms with Gasteiger partial charge in [0.1, 0.15) is 0 Å². The van der Waals surface area contributed by atoms with Crippen LogP contribution in [0.5, 0.6) is 0 Å². The van der Waals surface area contributed by atoms with Gasteiger partial charge in [0, 0.05) is 20.4 Å². The van der Waals surface area contributed by atoms with Crippen molar-refractivity contribution in [2.24, 2.45) is 7.05 Å². The number of hydrogen-bond acceptors (Lipinski definition) is 3. The number of ether oxygens (including phenoxy) is 1. The van der Waals surface area contributed by atoms with Crippen molar-refractivity contribution in [1.29, 1.82) is 0 Å². The highest BCUT2D eigenvalue weighted by atomic mass is 16.5. The normalized spacial score (nSPS) is 12.4. The van der Waals surface area contributed by atoms with Crippen LogP contribution >= 0.6 is 0 Å². The molecule has 4 heteroatoms. The van der Waals surface area contributed by atoms with Gasteiger partial charge in [-0.1, -0.05) is 30.3 Å². The molecule has 1 heterocycles. The zero-order chi connectivity index (χ0) is 13.0. The van der Waals surface area contributed by atoms with E-state index in [1.807, 2.05) is 43.0 Å². The minimum atomic E-state index is 0.138. The molecule has 1 atom stereocenters. The Hall–Kier alpha value is -1.81. The first-order chi connectivity index (χ1) is 8.70. The van der Waals surface area contributed by atoms with Crippen LogP contribution in [0.1, 0.15) is 17.3 Å². The van der Waals surface area contributed by atoms with Crippen LogP contribution in [0.15, 0.2) is 36.5 Å². The van der Waals surface area contributed by atoms with E-state index in [2.05, 4.69) is 22.5 Å². The molecule has 0 amide bonds. The number of hydrogen-bond donors (Lipinski definition) is 1. The zero-order valence-corrected chi connectivity index (χ0v) is 11.1. The highest BCUT2D eigenvalue weighted by Crippen LogP contribution is 2.21. The molecule has 1 unspecified atom stereocenters. The molecular weight excluding hydrogens is 226 g/mol. The number of benzene rings is 1. The molecule has 18 heavy (non-hydrogen) atoms. The van der Waals surface area contributed by atoms with Crippen molar-refractivity contribution in [2.75, 3.05) is 19.0 Å². The monoisotopic (exact) mass is 245 g/mol. The van der Waals surface area contributed by atoms with Crippen LogP contribution in [-0.2, 0) is 11.8 Å². The summed E-state index contributed by atoms with van der Waals surface area (Å²) in [4.78, 5) is 0. The molecule has 1 N–H and O–H groups in total. The summed E-state index contributed by atoms with van der Waals surface area (Å²) in [6.45, 7) is 2.62. The van der Waals surface area contributed by atoms with Crippen molar-refractivity contribution >= 4 is 5.69 Å². The zero-order valence-electron chi connectivity index (χ0n) is 11.1. The largest absolute Gasteiger partial charge is 0.382 e. The summed E-state index contributed by atoms with van der Waals surface area (Å²) in [6, 6.07) is 10.4. The number of aromatic nitrogens is 2. The van der Waals surface area contributed by atoms with Gasteiger partial charge in [0.25, 0.3) is 0 Å². The molecule has 0 aliphatic carbocycles. The molecule has 0 radical (unpaired) electrons. The smallest absolute Gasteiger partial charge is 0.0825 e. The summed E-state index contributed by atoms with van der Waals surface area (Å²) >= 11 is 0. The fourth-order valence-corrected chi connectivity index (χ4v) is 2.00. The van der Waals surface area contributed by atoms with E-state index in [1.54, 1.807) is 7.11 Å². The highest BCUT2D eigenvalue weighted by Gasteiger charge is 2.13. The fourth-order valence-electron chi connectivity index (χ4n) is 2.00. The van der Waals surface area contributed by atoms with Crippen LogP contribution in [0.3, 0.4) is 0 Å². The molecule has 0 bridgehead atoms. The van der Waals surface area contributed by atoms with Crippen molar-refractivity contribution in [3.05, 3.63) is 47.8 Å². The van der Waals surface area contributed by atoms with E-state index in [0.29, 0.717) is 6.61 Å². The molecule has 1 aromatic carbocycles. The average molecular weight is 245 g/mol. The molecule has 0 spiro atoms. The van der Waals surface area contributed by atoms with Crippen molar-refractivity contribution in [1.82, 2.24) is 9.78 Å². The van der Waals surface area contributed by atoms with Crippen LogP contribution in [0.4, 0.5) is 5.69 Å². The molecular formula is C14H19N3O. The van der Waals surface area contributed by atoms with E-state index in [9.17, 15) is 0 Å². The lowest BCUT2D eigenvalue weighted by molar-refractivity contribution is 0.186. The van der Waals surface area contributed by atoms with Crippen LogP contribution in [0, 0.1) is 6.92 Å². The number of nitrogens with one attached hydrogen (secondary N) is 1. The molecule has 2 rings (SSSR count). The second kappa shape index (κ2) is 5.69. The Morgan fingerprint density at radius 3 is 2.61 bits per heavy atom. The van der Waals surface area contributed by atoms with Gasteiger partial charge in [-0.2, -0.15) is 5.10 Å². The first kappa shape index (κ1) is 12.6. The number of methoxy groups -OCH3 is 1. The number of nitrogens with zero attached hydrogens (tertiary/aromatic N) is 2. The molecule has 96 valence electrons. The maximum atomic E-state index is 5.29. The van der Waals surface area contributed by atoms with E-state index < -0.39 is 0 Å². The predicted octanol–water partition coefficient (Wildman–Crippen LogP) is 2.53. The summed E-state index contributed by atoms with van der Waals surface area (Å²) < 4.78 is 7.10. The van der Waals surface area contributed by atoms with E-state index in [0.717, 1.165) is 11.4 Å². The Kier molecular flexibility index (Phi) is 3.99. The lowest BCUT2D eigenvalue weighted by Gasteiger charge is -2.19.